The third-order valence-corrected chi connectivity index (χ3v) is 0.592. The van der Waals surface area contributed by atoms with E-state index in [2.05, 4.69) is 10.8 Å². The van der Waals surface area contributed by atoms with E-state index in [1.807, 2.05) is 5.73 Å². The molecular formula is C3H4O4S. The van der Waals surface area contributed by atoms with Crippen molar-refractivity contribution in [3.63, 3.8) is 0 Å². The van der Waals surface area contributed by atoms with E-state index in [0.29, 0.717) is 6.26 Å². The molecule has 0 aromatic heterocycles. The van der Waals surface area contributed by atoms with Crippen molar-refractivity contribution < 1.29 is 17.2 Å². The molecule has 0 unspecified atom stereocenters. The van der Waals surface area contributed by atoms with Crippen molar-refractivity contribution in [3.05, 3.63) is 18.6 Å². The lowest BCUT2D eigenvalue weighted by atomic mass is 11.0. The zero-order chi connectivity index (χ0) is 6.62. The first-order valence-electron chi connectivity index (χ1n) is 1.56. The van der Waals surface area contributed by atoms with Crippen molar-refractivity contribution in [2.45, 2.75) is 0 Å². The summed E-state index contributed by atoms with van der Waals surface area (Å²) in [6.45, 7) is 2.98. The normalized spacial score (nSPS) is 9.62. The topological polar surface area (TPSA) is 63.6 Å². The lowest BCUT2D eigenvalue weighted by Gasteiger charge is -1.86. The second-order valence-electron chi connectivity index (χ2n) is 0.846. The third-order valence-electron chi connectivity index (χ3n) is 0.253. The van der Waals surface area contributed by atoms with Gasteiger partial charge in [-0.05, 0) is 0 Å². The van der Waals surface area contributed by atoms with E-state index in [-0.39, 0.29) is 0 Å². The minimum atomic E-state index is -4.34. The number of rotatable bonds is 2. The summed E-state index contributed by atoms with van der Waals surface area (Å²) < 4.78 is 30.7. The van der Waals surface area contributed by atoms with Crippen LogP contribution in [0.4, 0.5) is 0 Å². The highest BCUT2D eigenvalue weighted by atomic mass is 32.3. The van der Waals surface area contributed by atoms with Gasteiger partial charge >= 0.3 is 10.4 Å². The smallest absolute Gasteiger partial charge is 0.361 e. The fourth-order valence-corrected chi connectivity index (χ4v) is 0.284. The fraction of sp³-hybridized carbons (Fsp3) is 0. The predicted octanol–water partition coefficient (Wildman–Crippen LogP) is 0.104. The molecule has 0 aliphatic rings. The summed E-state index contributed by atoms with van der Waals surface area (Å²) in [4.78, 5) is 0. The van der Waals surface area contributed by atoms with Crippen molar-refractivity contribution in [1.29, 1.82) is 0 Å². The fourth-order valence-electron chi connectivity index (χ4n) is 0.0948. The Morgan fingerprint density at radius 2 is 2.25 bits per heavy atom. The van der Waals surface area contributed by atoms with Crippen molar-refractivity contribution in [1.82, 2.24) is 0 Å². The zero-order valence-corrected chi connectivity index (χ0v) is 4.68. The molecule has 0 aliphatic carbocycles. The van der Waals surface area contributed by atoms with Crippen LogP contribution in [0, 0.1) is 0 Å². The van der Waals surface area contributed by atoms with Crippen LogP contribution in [0.3, 0.4) is 0 Å². The lowest BCUT2D eigenvalue weighted by molar-refractivity contribution is 0.356. The van der Waals surface area contributed by atoms with Crippen LogP contribution < -0.4 is 0 Å². The van der Waals surface area contributed by atoms with E-state index < -0.39 is 10.4 Å². The van der Waals surface area contributed by atoms with Crippen LogP contribution in [0.2, 0.25) is 0 Å². The first-order valence-corrected chi connectivity index (χ1v) is 2.93. The Balaban J connectivity index is 3.94. The molecule has 0 heterocycles. The molecule has 0 atom stereocenters. The lowest BCUT2D eigenvalue weighted by Crippen LogP contribution is -1.96. The van der Waals surface area contributed by atoms with E-state index in [4.69, 9.17) is 4.55 Å². The van der Waals surface area contributed by atoms with Gasteiger partial charge in [0.25, 0.3) is 0 Å². The Kier molecular flexibility index (Phi) is 2.27. The number of hydrogen-bond acceptors (Lipinski definition) is 3. The SMILES string of the molecule is C=C=COS(=O)(=O)O. The Morgan fingerprint density at radius 1 is 1.75 bits per heavy atom. The van der Waals surface area contributed by atoms with Gasteiger partial charge < -0.3 is 4.18 Å². The average Bonchev–Trinajstić information content (AvgIpc) is 1.59. The van der Waals surface area contributed by atoms with Crippen LogP contribution in [0.5, 0.6) is 0 Å². The Morgan fingerprint density at radius 3 is 2.38 bits per heavy atom. The quantitative estimate of drug-likeness (QED) is 0.332. The molecule has 0 spiro atoms. The van der Waals surface area contributed by atoms with Gasteiger partial charge in [-0.15, -0.1) is 0 Å². The average molecular weight is 136 g/mol. The molecule has 0 aliphatic heterocycles. The van der Waals surface area contributed by atoms with Gasteiger partial charge in [-0.3, -0.25) is 4.55 Å². The van der Waals surface area contributed by atoms with Crippen LogP contribution in [-0.4, -0.2) is 13.0 Å². The van der Waals surface area contributed by atoms with Crippen LogP contribution in [-0.2, 0) is 14.6 Å². The summed E-state index contributed by atoms with van der Waals surface area (Å²) in [6.07, 6.45) is 0.634. The molecule has 0 saturated heterocycles. The summed E-state index contributed by atoms with van der Waals surface area (Å²) in [6, 6.07) is 0. The minimum Gasteiger partial charge on any atom is -0.361 e. The Hall–Kier alpha value is -0.770. The summed E-state index contributed by atoms with van der Waals surface area (Å²) in [5.41, 5.74) is 1.99. The molecule has 4 nitrogen and oxygen atoms in total. The van der Waals surface area contributed by atoms with E-state index in [1.165, 1.54) is 0 Å². The maximum Gasteiger partial charge on any atom is 0.446 e. The van der Waals surface area contributed by atoms with Gasteiger partial charge in [-0.2, -0.15) is 8.42 Å². The standard InChI is InChI=1S/C3H4O4S/c1-2-3-7-8(4,5)6/h3H,1H2,(H,4,5,6). The summed E-state index contributed by atoms with van der Waals surface area (Å²) in [5.74, 6) is 0. The first kappa shape index (κ1) is 7.23. The van der Waals surface area contributed by atoms with E-state index in [0.717, 1.165) is 0 Å². The molecule has 0 saturated carbocycles. The maximum absolute atomic E-state index is 9.62. The first-order chi connectivity index (χ1) is 3.56. The molecule has 0 amide bonds. The molecule has 5 heteroatoms. The van der Waals surface area contributed by atoms with Gasteiger partial charge in [0.15, 0.2) is 6.26 Å². The molecule has 0 rings (SSSR count). The van der Waals surface area contributed by atoms with Crippen molar-refractivity contribution >= 4 is 10.4 Å². The van der Waals surface area contributed by atoms with Gasteiger partial charge in [-0.1, -0.05) is 12.3 Å². The van der Waals surface area contributed by atoms with E-state index >= 15 is 0 Å². The largest absolute Gasteiger partial charge is 0.446 e. The molecule has 0 fully saturated rings. The maximum atomic E-state index is 9.62. The number of hydrogen-bond donors (Lipinski definition) is 1. The molecule has 0 aromatic rings. The van der Waals surface area contributed by atoms with Crippen molar-refractivity contribution in [2.75, 3.05) is 0 Å². The van der Waals surface area contributed by atoms with Crippen molar-refractivity contribution in [2.24, 2.45) is 0 Å². The Bertz CT molecular complexity index is 195. The van der Waals surface area contributed by atoms with Gasteiger partial charge in [0, 0.05) is 0 Å². The highest BCUT2D eigenvalue weighted by Crippen LogP contribution is 1.83. The predicted molar refractivity (Wildman–Crippen MR) is 26.3 cm³/mol. The Labute approximate surface area is 47.0 Å². The monoisotopic (exact) mass is 136 g/mol. The summed E-state index contributed by atoms with van der Waals surface area (Å²) in [7, 11) is -4.34. The molecule has 46 valence electrons. The highest BCUT2D eigenvalue weighted by Gasteiger charge is 1.97. The molecule has 0 radical (unpaired) electrons. The van der Waals surface area contributed by atoms with Gasteiger partial charge in [-0.25, -0.2) is 0 Å². The van der Waals surface area contributed by atoms with Crippen LogP contribution in [0.1, 0.15) is 0 Å². The summed E-state index contributed by atoms with van der Waals surface area (Å²) >= 11 is 0. The van der Waals surface area contributed by atoms with E-state index in [1.54, 1.807) is 0 Å². The molecule has 1 N–H and O–H groups in total. The van der Waals surface area contributed by atoms with Gasteiger partial charge in [0.2, 0.25) is 0 Å². The zero-order valence-electron chi connectivity index (χ0n) is 3.86. The minimum absolute atomic E-state index is 0.634. The molecule has 0 aromatic carbocycles. The van der Waals surface area contributed by atoms with Gasteiger partial charge in [0.05, 0.1) is 0 Å². The summed E-state index contributed by atoms with van der Waals surface area (Å²) in [5, 5.41) is 0. The second kappa shape index (κ2) is 2.52. The highest BCUT2D eigenvalue weighted by molar-refractivity contribution is 7.81. The van der Waals surface area contributed by atoms with Gasteiger partial charge in [0.1, 0.15) is 0 Å². The van der Waals surface area contributed by atoms with Crippen molar-refractivity contribution in [3.8, 4) is 0 Å². The van der Waals surface area contributed by atoms with Crippen LogP contribution in [0.25, 0.3) is 0 Å². The second-order valence-corrected chi connectivity index (χ2v) is 1.89. The molecule has 0 bridgehead atoms. The van der Waals surface area contributed by atoms with Crippen LogP contribution in [0.15, 0.2) is 18.6 Å². The van der Waals surface area contributed by atoms with E-state index in [9.17, 15) is 8.42 Å². The third kappa shape index (κ3) is 5.23. The molecular weight excluding hydrogens is 132 g/mol. The molecule has 8 heavy (non-hydrogen) atoms. The van der Waals surface area contributed by atoms with Crippen LogP contribution >= 0.6 is 0 Å².